The number of nitrogens with one attached hydrogen (secondary N) is 1. The van der Waals surface area contributed by atoms with Gasteiger partial charge in [-0.05, 0) is 0 Å². The number of nitriles is 1. The first kappa shape index (κ1) is 6.24. The maximum atomic E-state index is 10.8. The fourth-order valence-electron chi connectivity index (χ4n) is 0.864. The van der Waals surface area contributed by atoms with Crippen LogP contribution in [0.15, 0.2) is 0 Å². The van der Waals surface area contributed by atoms with Gasteiger partial charge in [0.2, 0.25) is 0 Å². The summed E-state index contributed by atoms with van der Waals surface area (Å²) >= 11 is 0. The predicted molar refractivity (Wildman–Crippen MR) is 31.6 cm³/mol. The van der Waals surface area contributed by atoms with E-state index in [0.717, 1.165) is 6.54 Å². The van der Waals surface area contributed by atoms with E-state index in [1.807, 2.05) is 6.07 Å². The Morgan fingerprint density at radius 3 is 3.00 bits per heavy atom. The molecule has 0 amide bonds. The summed E-state index contributed by atoms with van der Waals surface area (Å²) in [7, 11) is 0. The number of Topliss-reactive ketones (excluding diaryl/α,β-unsaturated/α-hetero) is 1. The molecule has 1 aliphatic rings. The third-order valence-electron chi connectivity index (χ3n) is 1.44. The third kappa shape index (κ3) is 1.27. The molecule has 1 atom stereocenters. The van der Waals surface area contributed by atoms with Gasteiger partial charge in [-0.3, -0.25) is 4.79 Å². The molecule has 1 N–H and O–H groups in total. The summed E-state index contributed by atoms with van der Waals surface area (Å²) in [5.41, 5.74) is 0. The molecule has 0 spiro atoms. The lowest BCUT2D eigenvalue weighted by Crippen LogP contribution is -2.35. The average molecular weight is 124 g/mol. The summed E-state index contributed by atoms with van der Waals surface area (Å²) in [6.07, 6.45) is 0.512. The van der Waals surface area contributed by atoms with Crippen LogP contribution in [-0.2, 0) is 4.79 Å². The first-order valence-corrected chi connectivity index (χ1v) is 2.97. The first-order valence-electron chi connectivity index (χ1n) is 2.97. The maximum Gasteiger partial charge on any atom is 0.152 e. The molecule has 1 aliphatic heterocycles. The molecule has 0 radical (unpaired) electrons. The van der Waals surface area contributed by atoms with Gasteiger partial charge < -0.3 is 5.32 Å². The number of hydrogen-bond acceptors (Lipinski definition) is 3. The summed E-state index contributed by atoms with van der Waals surface area (Å²) in [5, 5.41) is 11.3. The lowest BCUT2D eigenvalue weighted by atomic mass is 10.0. The molecule has 1 heterocycles. The van der Waals surface area contributed by atoms with Crippen molar-refractivity contribution >= 4 is 5.78 Å². The van der Waals surface area contributed by atoms with Crippen LogP contribution in [0.1, 0.15) is 6.42 Å². The van der Waals surface area contributed by atoms with Crippen LogP contribution in [0.25, 0.3) is 0 Å². The zero-order valence-electron chi connectivity index (χ0n) is 5.05. The van der Waals surface area contributed by atoms with Gasteiger partial charge in [0.15, 0.2) is 5.78 Å². The molecule has 0 aromatic carbocycles. The van der Waals surface area contributed by atoms with Crippen molar-refractivity contribution in [2.75, 3.05) is 13.1 Å². The van der Waals surface area contributed by atoms with Crippen LogP contribution in [0.5, 0.6) is 0 Å². The Hall–Kier alpha value is -0.880. The topological polar surface area (TPSA) is 52.9 Å². The minimum absolute atomic E-state index is 0.0799. The van der Waals surface area contributed by atoms with E-state index in [1.54, 1.807) is 0 Å². The maximum absolute atomic E-state index is 10.8. The first-order chi connectivity index (χ1) is 4.34. The highest BCUT2D eigenvalue weighted by atomic mass is 16.1. The van der Waals surface area contributed by atoms with Crippen molar-refractivity contribution in [3.63, 3.8) is 0 Å². The molecule has 9 heavy (non-hydrogen) atoms. The van der Waals surface area contributed by atoms with E-state index < -0.39 is 5.92 Å². The molecule has 0 saturated carbocycles. The Bertz CT molecular complexity index is 159. The third-order valence-corrected chi connectivity index (χ3v) is 1.44. The van der Waals surface area contributed by atoms with Crippen molar-refractivity contribution in [2.45, 2.75) is 6.42 Å². The molecule has 0 aliphatic carbocycles. The van der Waals surface area contributed by atoms with Crippen LogP contribution >= 0.6 is 0 Å². The Morgan fingerprint density at radius 1 is 1.78 bits per heavy atom. The molecule has 0 bridgehead atoms. The van der Waals surface area contributed by atoms with Gasteiger partial charge in [0.25, 0.3) is 0 Å². The number of rotatable bonds is 0. The fourth-order valence-corrected chi connectivity index (χ4v) is 0.864. The molecule has 3 heteroatoms. The fraction of sp³-hybridized carbons (Fsp3) is 0.667. The molecule has 48 valence electrons. The summed E-state index contributed by atoms with van der Waals surface area (Å²) in [6.45, 7) is 1.27. The molecule has 1 fully saturated rings. The summed E-state index contributed by atoms with van der Waals surface area (Å²) in [4.78, 5) is 10.8. The van der Waals surface area contributed by atoms with Crippen molar-refractivity contribution in [1.82, 2.24) is 5.32 Å². The van der Waals surface area contributed by atoms with Crippen LogP contribution in [0.2, 0.25) is 0 Å². The highest BCUT2D eigenvalue weighted by Gasteiger charge is 2.20. The van der Waals surface area contributed by atoms with E-state index in [-0.39, 0.29) is 5.78 Å². The zero-order valence-corrected chi connectivity index (χ0v) is 5.05. The molecule has 0 aromatic heterocycles. The Balaban J connectivity index is 2.51. The molecule has 1 rings (SSSR count). The minimum atomic E-state index is -0.390. The molecule has 0 unspecified atom stereocenters. The monoisotopic (exact) mass is 124 g/mol. The SMILES string of the molecule is N#C[C@@H]1CNCCC1=O. The molecule has 1 saturated heterocycles. The van der Waals surface area contributed by atoms with E-state index >= 15 is 0 Å². The van der Waals surface area contributed by atoms with E-state index in [1.165, 1.54) is 0 Å². The van der Waals surface area contributed by atoms with Gasteiger partial charge in [-0.15, -0.1) is 0 Å². The number of piperidine rings is 1. The number of hydrogen-bond donors (Lipinski definition) is 1. The van der Waals surface area contributed by atoms with E-state index in [2.05, 4.69) is 5.32 Å². The van der Waals surface area contributed by atoms with Crippen molar-refractivity contribution in [3.8, 4) is 6.07 Å². The summed E-state index contributed by atoms with van der Waals surface area (Å²) in [6, 6.07) is 1.94. The molecular weight excluding hydrogens is 116 g/mol. The second-order valence-electron chi connectivity index (χ2n) is 2.10. The van der Waals surface area contributed by atoms with Crippen molar-refractivity contribution in [3.05, 3.63) is 0 Å². The normalized spacial score (nSPS) is 27.4. The van der Waals surface area contributed by atoms with Crippen LogP contribution in [0.4, 0.5) is 0 Å². The Morgan fingerprint density at radius 2 is 2.56 bits per heavy atom. The largest absolute Gasteiger partial charge is 0.315 e. The van der Waals surface area contributed by atoms with Gasteiger partial charge in [0, 0.05) is 19.5 Å². The van der Waals surface area contributed by atoms with Crippen LogP contribution in [0, 0.1) is 17.2 Å². The lowest BCUT2D eigenvalue weighted by Gasteiger charge is -2.14. The molecular formula is C6H8N2O. The van der Waals surface area contributed by atoms with Gasteiger partial charge in [-0.2, -0.15) is 5.26 Å². The second-order valence-corrected chi connectivity index (χ2v) is 2.10. The standard InChI is InChI=1S/C6H8N2O/c7-3-5-4-8-2-1-6(5)9/h5,8H,1-2,4H2/t5-/m1/s1. The van der Waals surface area contributed by atoms with Gasteiger partial charge in [0.05, 0.1) is 6.07 Å². The van der Waals surface area contributed by atoms with E-state index in [9.17, 15) is 4.79 Å². The van der Waals surface area contributed by atoms with Crippen LogP contribution in [-0.4, -0.2) is 18.9 Å². The van der Waals surface area contributed by atoms with Gasteiger partial charge in [-0.1, -0.05) is 0 Å². The highest BCUT2D eigenvalue weighted by molar-refractivity contribution is 5.84. The van der Waals surface area contributed by atoms with Crippen LogP contribution < -0.4 is 5.32 Å². The van der Waals surface area contributed by atoms with Crippen molar-refractivity contribution < 1.29 is 4.79 Å². The zero-order chi connectivity index (χ0) is 6.69. The number of carbonyl (C=O) groups excluding carboxylic acids is 1. The Kier molecular flexibility index (Phi) is 1.81. The number of carbonyl (C=O) groups is 1. The minimum Gasteiger partial charge on any atom is -0.315 e. The second kappa shape index (κ2) is 2.60. The highest BCUT2D eigenvalue weighted by Crippen LogP contribution is 2.02. The number of ketones is 1. The van der Waals surface area contributed by atoms with Crippen molar-refractivity contribution in [1.29, 1.82) is 5.26 Å². The smallest absolute Gasteiger partial charge is 0.152 e. The van der Waals surface area contributed by atoms with Crippen LogP contribution in [0.3, 0.4) is 0 Å². The molecule has 0 aromatic rings. The van der Waals surface area contributed by atoms with Gasteiger partial charge in [0.1, 0.15) is 5.92 Å². The predicted octanol–water partition coefficient (Wildman–Crippen LogP) is -0.311. The van der Waals surface area contributed by atoms with Gasteiger partial charge in [-0.25, -0.2) is 0 Å². The summed E-state index contributed by atoms with van der Waals surface area (Å²) in [5.74, 6) is -0.310. The summed E-state index contributed by atoms with van der Waals surface area (Å²) < 4.78 is 0. The quantitative estimate of drug-likeness (QED) is 0.482. The van der Waals surface area contributed by atoms with E-state index in [0.29, 0.717) is 13.0 Å². The van der Waals surface area contributed by atoms with Crippen molar-refractivity contribution in [2.24, 2.45) is 5.92 Å². The average Bonchev–Trinajstić information content (AvgIpc) is 1.89. The van der Waals surface area contributed by atoms with E-state index in [4.69, 9.17) is 5.26 Å². The Labute approximate surface area is 53.7 Å². The van der Waals surface area contributed by atoms with Gasteiger partial charge >= 0.3 is 0 Å². The lowest BCUT2D eigenvalue weighted by molar-refractivity contribution is -0.122. The number of nitrogens with zero attached hydrogens (tertiary/aromatic N) is 1. The molecule has 3 nitrogen and oxygen atoms in total.